The first kappa shape index (κ1) is 16.4. The summed E-state index contributed by atoms with van der Waals surface area (Å²) >= 11 is 0. The van der Waals surface area contributed by atoms with Crippen molar-refractivity contribution in [1.82, 2.24) is 0 Å². The van der Waals surface area contributed by atoms with Gasteiger partial charge in [0.25, 0.3) is 0 Å². The summed E-state index contributed by atoms with van der Waals surface area (Å²) in [5.74, 6) is 0.993. The molecule has 0 atom stereocenters. The van der Waals surface area contributed by atoms with Crippen molar-refractivity contribution in [3.8, 4) is 0 Å². The highest BCUT2D eigenvalue weighted by Gasteiger charge is 2.01. The Bertz CT molecular complexity index is 112. The van der Waals surface area contributed by atoms with Gasteiger partial charge in [-0.3, -0.25) is 0 Å². The maximum Gasteiger partial charge on any atom is 0.00279 e. The molecule has 0 aromatic rings. The SMILES string of the molecule is CC(CCCCCC[SiH3])CCCCCC[SiH3]. The molecule has 0 bridgehead atoms. The summed E-state index contributed by atoms with van der Waals surface area (Å²) in [4.78, 5) is 0. The summed E-state index contributed by atoms with van der Waals surface area (Å²) in [7, 11) is 2.82. The van der Waals surface area contributed by atoms with Crippen molar-refractivity contribution in [2.45, 2.75) is 83.2 Å². The first-order valence-corrected chi connectivity index (χ1v) is 10.6. The minimum atomic E-state index is 0.993. The normalized spacial score (nSPS) is 13.3. The van der Waals surface area contributed by atoms with Crippen molar-refractivity contribution >= 4 is 20.5 Å². The molecule has 0 spiro atoms. The van der Waals surface area contributed by atoms with E-state index in [0.29, 0.717) is 0 Å². The van der Waals surface area contributed by atoms with E-state index in [1.807, 2.05) is 0 Å². The van der Waals surface area contributed by atoms with Crippen LogP contribution >= 0.6 is 0 Å². The van der Waals surface area contributed by atoms with Crippen molar-refractivity contribution in [3.63, 3.8) is 0 Å². The second kappa shape index (κ2) is 13.5. The van der Waals surface area contributed by atoms with Crippen molar-refractivity contribution in [2.24, 2.45) is 5.92 Å². The third-order valence-corrected chi connectivity index (χ3v) is 5.02. The molecule has 0 heterocycles. The summed E-state index contributed by atoms with van der Waals surface area (Å²) in [6, 6.07) is 3.02. The fourth-order valence-corrected chi connectivity index (χ4v) is 3.34. The van der Waals surface area contributed by atoms with Crippen LogP contribution in [0.4, 0.5) is 0 Å². The van der Waals surface area contributed by atoms with Gasteiger partial charge in [-0.25, -0.2) is 0 Å². The highest BCUT2D eigenvalue weighted by Crippen LogP contribution is 2.17. The number of hydrogen-bond donors (Lipinski definition) is 0. The largest absolute Gasteiger partial charge is 0.0658 e. The van der Waals surface area contributed by atoms with Crippen molar-refractivity contribution < 1.29 is 0 Å². The summed E-state index contributed by atoms with van der Waals surface area (Å²) in [6.45, 7) is 2.46. The zero-order chi connectivity index (χ0) is 12.1. The second-order valence-corrected chi connectivity index (χ2v) is 7.51. The molecule has 0 aliphatic heterocycles. The van der Waals surface area contributed by atoms with Crippen LogP contribution in [-0.2, 0) is 0 Å². The Hall–Kier alpha value is 0.434. The molecule has 0 nitrogen and oxygen atoms in total. The molecule has 98 valence electrons. The Balaban J connectivity index is 3.09. The van der Waals surface area contributed by atoms with Gasteiger partial charge in [0.2, 0.25) is 0 Å². The van der Waals surface area contributed by atoms with Gasteiger partial charge in [-0.2, -0.15) is 0 Å². The first-order chi connectivity index (χ1) is 7.81. The van der Waals surface area contributed by atoms with Crippen LogP contribution in [0.5, 0.6) is 0 Å². The van der Waals surface area contributed by atoms with Gasteiger partial charge in [-0.1, -0.05) is 83.2 Å². The fraction of sp³-hybridized carbons (Fsp3) is 1.00. The Labute approximate surface area is 110 Å². The molecule has 0 aliphatic carbocycles. The van der Waals surface area contributed by atoms with Gasteiger partial charge in [0.15, 0.2) is 0 Å². The van der Waals surface area contributed by atoms with Crippen LogP contribution in [0.15, 0.2) is 0 Å². The monoisotopic (exact) mass is 258 g/mol. The molecule has 0 amide bonds. The van der Waals surface area contributed by atoms with Gasteiger partial charge < -0.3 is 0 Å². The van der Waals surface area contributed by atoms with Gasteiger partial charge in [0, 0.05) is 20.5 Å². The highest BCUT2D eigenvalue weighted by molar-refractivity contribution is 6.08. The molecule has 0 aromatic carbocycles. The second-order valence-electron chi connectivity index (χ2n) is 5.51. The average molecular weight is 259 g/mol. The van der Waals surface area contributed by atoms with E-state index in [2.05, 4.69) is 6.92 Å². The maximum absolute atomic E-state index is 2.46. The van der Waals surface area contributed by atoms with Crippen molar-refractivity contribution in [1.29, 1.82) is 0 Å². The van der Waals surface area contributed by atoms with Crippen LogP contribution in [0.3, 0.4) is 0 Å². The molecular weight excluding hydrogens is 224 g/mol. The van der Waals surface area contributed by atoms with E-state index in [-0.39, 0.29) is 0 Å². The molecule has 0 aliphatic rings. The molecular formula is C14H34Si2. The molecule has 0 saturated heterocycles. The van der Waals surface area contributed by atoms with E-state index >= 15 is 0 Å². The average Bonchev–Trinajstić information content (AvgIpc) is 2.28. The van der Waals surface area contributed by atoms with Crippen LogP contribution in [0.25, 0.3) is 0 Å². The van der Waals surface area contributed by atoms with Gasteiger partial charge in [0.05, 0.1) is 0 Å². The van der Waals surface area contributed by atoms with Gasteiger partial charge in [-0.15, -0.1) is 0 Å². The molecule has 2 heteroatoms. The number of rotatable bonds is 12. The minimum Gasteiger partial charge on any atom is -0.0658 e. The molecule has 0 unspecified atom stereocenters. The predicted molar refractivity (Wildman–Crippen MR) is 84.8 cm³/mol. The van der Waals surface area contributed by atoms with E-state index in [1.54, 1.807) is 0 Å². The topological polar surface area (TPSA) is 0 Å². The van der Waals surface area contributed by atoms with Crippen molar-refractivity contribution in [3.05, 3.63) is 0 Å². The van der Waals surface area contributed by atoms with Gasteiger partial charge in [-0.05, 0) is 5.92 Å². The van der Waals surface area contributed by atoms with Gasteiger partial charge >= 0.3 is 0 Å². The van der Waals surface area contributed by atoms with E-state index in [1.165, 1.54) is 96.8 Å². The highest BCUT2D eigenvalue weighted by atomic mass is 28.1. The maximum atomic E-state index is 2.46. The molecule has 0 rings (SSSR count). The quantitative estimate of drug-likeness (QED) is 0.373. The van der Waals surface area contributed by atoms with E-state index < -0.39 is 0 Å². The molecule has 0 N–H and O–H groups in total. The van der Waals surface area contributed by atoms with Gasteiger partial charge in [0.1, 0.15) is 0 Å². The first-order valence-electron chi connectivity index (χ1n) is 7.81. The lowest BCUT2D eigenvalue weighted by molar-refractivity contribution is 0.436. The summed E-state index contributed by atoms with van der Waals surface area (Å²) in [5, 5.41) is 0. The fourth-order valence-electron chi connectivity index (χ4n) is 2.34. The Morgan fingerprint density at radius 1 is 0.625 bits per heavy atom. The van der Waals surface area contributed by atoms with Crippen LogP contribution in [0, 0.1) is 5.92 Å². The van der Waals surface area contributed by atoms with E-state index in [9.17, 15) is 0 Å². The Morgan fingerprint density at radius 2 is 1.00 bits per heavy atom. The smallest absolute Gasteiger partial charge is 0.00279 e. The third kappa shape index (κ3) is 12.5. The van der Waals surface area contributed by atoms with E-state index in [4.69, 9.17) is 0 Å². The standard InChI is InChI=1S/C14H34Si2/c1-14(10-6-2-4-8-12-15)11-7-3-5-9-13-16/h14H,2-13H2,1,15-16H3. The van der Waals surface area contributed by atoms with Crippen molar-refractivity contribution in [2.75, 3.05) is 0 Å². The zero-order valence-corrected chi connectivity index (χ0v) is 16.1. The van der Waals surface area contributed by atoms with E-state index in [0.717, 1.165) is 5.92 Å². The lowest BCUT2D eigenvalue weighted by atomic mass is 9.96. The zero-order valence-electron chi connectivity index (χ0n) is 12.1. The Kier molecular flexibility index (Phi) is 13.9. The van der Waals surface area contributed by atoms with Crippen LogP contribution < -0.4 is 0 Å². The van der Waals surface area contributed by atoms with Crippen LogP contribution in [0.1, 0.15) is 71.1 Å². The lowest BCUT2D eigenvalue weighted by Crippen LogP contribution is -1.95. The summed E-state index contributed by atoms with van der Waals surface area (Å²) in [5.41, 5.74) is 0. The van der Waals surface area contributed by atoms with Crippen LogP contribution in [0.2, 0.25) is 12.1 Å². The molecule has 0 saturated carbocycles. The predicted octanol–water partition coefficient (Wildman–Crippen LogP) is 3.09. The molecule has 16 heavy (non-hydrogen) atoms. The molecule has 0 fully saturated rings. The lowest BCUT2D eigenvalue weighted by Gasteiger charge is -2.10. The number of hydrogen-bond acceptors (Lipinski definition) is 0. The minimum absolute atomic E-state index is 0.993. The van der Waals surface area contributed by atoms with Crippen LogP contribution in [-0.4, -0.2) is 20.5 Å². The summed E-state index contributed by atoms with van der Waals surface area (Å²) < 4.78 is 0. The summed E-state index contributed by atoms with van der Waals surface area (Å²) in [6.07, 6.45) is 14.9. The molecule has 0 radical (unpaired) electrons. The third-order valence-electron chi connectivity index (χ3n) is 3.60. The Morgan fingerprint density at radius 3 is 1.38 bits per heavy atom. The number of unbranched alkanes of at least 4 members (excludes halogenated alkanes) is 6. The molecule has 0 aromatic heterocycles.